The van der Waals surface area contributed by atoms with Crippen LogP contribution in [0.2, 0.25) is 0 Å². The van der Waals surface area contributed by atoms with Crippen LogP contribution in [-0.4, -0.2) is 55.4 Å². The summed E-state index contributed by atoms with van der Waals surface area (Å²) in [4.78, 5) is 63.1. The molecule has 10 nitrogen and oxygen atoms in total. The van der Waals surface area contributed by atoms with Gasteiger partial charge in [-0.2, -0.15) is 0 Å². The lowest BCUT2D eigenvalue weighted by Gasteiger charge is -2.12. The number of unbranched alkanes of at least 4 members (excludes halogenated alkanes) is 1. The van der Waals surface area contributed by atoms with Gasteiger partial charge in [-0.3, -0.25) is 14.5 Å². The van der Waals surface area contributed by atoms with Gasteiger partial charge in [-0.15, -0.1) is 11.3 Å². The predicted molar refractivity (Wildman–Crippen MR) is 117 cm³/mol. The highest BCUT2D eigenvalue weighted by atomic mass is 32.1. The molecule has 0 spiro atoms. The number of esters is 3. The monoisotopic (exact) mass is 474 g/mol. The zero-order valence-electron chi connectivity index (χ0n) is 18.3. The lowest BCUT2D eigenvalue weighted by molar-refractivity contribution is 0.0452. The molecule has 0 atom stereocenters. The predicted octanol–water partition coefficient (Wildman–Crippen LogP) is 2.66. The van der Waals surface area contributed by atoms with Crippen LogP contribution in [0, 0.1) is 0 Å². The fourth-order valence-corrected chi connectivity index (χ4v) is 4.34. The third kappa shape index (κ3) is 4.44. The number of methoxy groups -OCH3 is 2. The van der Waals surface area contributed by atoms with Crippen molar-refractivity contribution in [2.75, 3.05) is 26.5 Å². The highest BCUT2D eigenvalue weighted by Gasteiger charge is 2.36. The van der Waals surface area contributed by atoms with E-state index in [1.807, 2.05) is 6.92 Å². The molecule has 0 saturated heterocycles. The van der Waals surface area contributed by atoms with E-state index < -0.39 is 36.3 Å². The molecule has 2 aromatic rings. The minimum Gasteiger partial charge on any atom is -0.465 e. The number of hydrogen-bond donors (Lipinski definition) is 1. The van der Waals surface area contributed by atoms with Gasteiger partial charge in [0.05, 0.1) is 30.9 Å². The number of carbonyl (C=O) groups is 5. The van der Waals surface area contributed by atoms with Crippen LogP contribution in [0.1, 0.15) is 76.4 Å². The summed E-state index contributed by atoms with van der Waals surface area (Å²) < 4.78 is 14.7. The number of imide groups is 1. The summed E-state index contributed by atoms with van der Waals surface area (Å²) in [6.07, 6.45) is 1.49. The number of nitrogens with two attached hydrogens (primary N) is 1. The molecule has 2 amide bonds. The Balaban J connectivity index is 1.84. The fraction of sp³-hybridized carbons (Fsp3) is 0.318. The van der Waals surface area contributed by atoms with Gasteiger partial charge in [-0.05, 0) is 24.6 Å². The van der Waals surface area contributed by atoms with E-state index in [0.717, 1.165) is 29.8 Å². The first-order valence-electron chi connectivity index (χ1n) is 10.00. The van der Waals surface area contributed by atoms with Gasteiger partial charge >= 0.3 is 17.9 Å². The first-order valence-corrected chi connectivity index (χ1v) is 10.8. The topological polar surface area (TPSA) is 142 Å². The largest absolute Gasteiger partial charge is 0.465 e. The van der Waals surface area contributed by atoms with Crippen LogP contribution in [0.15, 0.2) is 18.2 Å². The summed E-state index contributed by atoms with van der Waals surface area (Å²) >= 11 is 0.812. The van der Waals surface area contributed by atoms with E-state index in [-0.39, 0.29) is 37.7 Å². The van der Waals surface area contributed by atoms with E-state index in [4.69, 9.17) is 19.9 Å². The van der Waals surface area contributed by atoms with Crippen molar-refractivity contribution in [1.82, 2.24) is 4.90 Å². The van der Waals surface area contributed by atoms with Gasteiger partial charge in [0, 0.05) is 12.1 Å². The molecule has 0 saturated carbocycles. The van der Waals surface area contributed by atoms with Crippen LogP contribution in [0.4, 0.5) is 5.00 Å². The molecule has 33 heavy (non-hydrogen) atoms. The number of benzene rings is 1. The van der Waals surface area contributed by atoms with Gasteiger partial charge < -0.3 is 19.9 Å². The molecule has 2 N–H and O–H groups in total. The maximum atomic E-state index is 12.7. The Labute approximate surface area is 193 Å². The molecule has 1 aromatic heterocycles. The van der Waals surface area contributed by atoms with Crippen molar-refractivity contribution in [2.45, 2.75) is 26.4 Å². The third-order valence-electron chi connectivity index (χ3n) is 5.08. The summed E-state index contributed by atoms with van der Waals surface area (Å²) in [5, 5.41) is 0.0158. The van der Waals surface area contributed by atoms with Crippen LogP contribution in [-0.2, 0) is 20.8 Å². The minimum absolute atomic E-state index is 0.00416. The van der Waals surface area contributed by atoms with E-state index >= 15 is 0 Å². The minimum atomic E-state index is -0.818. The maximum absolute atomic E-state index is 12.7. The summed E-state index contributed by atoms with van der Waals surface area (Å²) in [5.41, 5.74) is 6.21. The molecule has 2 heterocycles. The van der Waals surface area contributed by atoms with Crippen molar-refractivity contribution < 1.29 is 38.2 Å². The van der Waals surface area contributed by atoms with Crippen LogP contribution in [0.5, 0.6) is 0 Å². The second-order valence-corrected chi connectivity index (χ2v) is 8.14. The average molecular weight is 474 g/mol. The van der Waals surface area contributed by atoms with E-state index in [1.54, 1.807) is 0 Å². The Kier molecular flexibility index (Phi) is 7.12. The van der Waals surface area contributed by atoms with Crippen molar-refractivity contribution in [2.24, 2.45) is 0 Å². The highest BCUT2D eigenvalue weighted by Crippen LogP contribution is 2.33. The first kappa shape index (κ1) is 23.9. The Morgan fingerprint density at radius 2 is 1.67 bits per heavy atom. The quantitative estimate of drug-likeness (QED) is 0.347. The van der Waals surface area contributed by atoms with E-state index in [9.17, 15) is 24.0 Å². The van der Waals surface area contributed by atoms with Crippen molar-refractivity contribution in [3.63, 3.8) is 0 Å². The molecular weight excluding hydrogens is 452 g/mol. The standard InChI is InChI=1S/C22H22N2O8S/c1-4-5-8-24-18(25)12-7-6-11(9-13(12)19(24)26)20(27)32-10-14-15(21(28)30-2)17(23)33-16(14)22(29)31-3/h6-7,9H,4-5,8,10,23H2,1-3H3. The highest BCUT2D eigenvalue weighted by molar-refractivity contribution is 7.18. The summed E-state index contributed by atoms with van der Waals surface area (Å²) in [6.45, 7) is 1.79. The number of thiophene rings is 1. The number of rotatable bonds is 8. The number of carbonyl (C=O) groups excluding carboxylic acids is 5. The molecule has 0 bridgehead atoms. The van der Waals surface area contributed by atoms with Crippen molar-refractivity contribution >= 4 is 46.1 Å². The number of hydrogen-bond acceptors (Lipinski definition) is 10. The summed E-state index contributed by atoms with van der Waals surface area (Å²) in [6, 6.07) is 4.08. The van der Waals surface area contributed by atoms with E-state index in [2.05, 4.69) is 0 Å². The molecule has 1 aromatic carbocycles. The van der Waals surface area contributed by atoms with Gasteiger partial charge in [0.1, 0.15) is 22.0 Å². The number of amides is 2. The van der Waals surface area contributed by atoms with Crippen LogP contribution < -0.4 is 5.73 Å². The number of nitrogen functional groups attached to an aromatic ring is 1. The number of anilines is 1. The Bertz CT molecular complexity index is 1150. The van der Waals surface area contributed by atoms with Gasteiger partial charge in [-0.1, -0.05) is 13.3 Å². The molecule has 1 aliphatic rings. The summed E-state index contributed by atoms with van der Waals surface area (Å²) in [5.74, 6) is -3.23. The normalized spacial score (nSPS) is 12.5. The van der Waals surface area contributed by atoms with E-state index in [0.29, 0.717) is 13.0 Å². The molecule has 3 rings (SSSR count). The Morgan fingerprint density at radius 1 is 1.00 bits per heavy atom. The lowest BCUT2D eigenvalue weighted by atomic mass is 10.1. The van der Waals surface area contributed by atoms with Crippen molar-refractivity contribution in [3.05, 3.63) is 50.9 Å². The van der Waals surface area contributed by atoms with Crippen molar-refractivity contribution in [3.8, 4) is 0 Å². The average Bonchev–Trinajstić information content (AvgIpc) is 3.28. The third-order valence-corrected chi connectivity index (χ3v) is 6.13. The lowest BCUT2D eigenvalue weighted by Crippen LogP contribution is -2.30. The zero-order valence-corrected chi connectivity index (χ0v) is 19.1. The van der Waals surface area contributed by atoms with Crippen LogP contribution in [0.25, 0.3) is 0 Å². The molecular formula is C22H22N2O8S. The Morgan fingerprint density at radius 3 is 2.30 bits per heavy atom. The van der Waals surface area contributed by atoms with Gasteiger partial charge in [0.15, 0.2) is 0 Å². The number of nitrogens with zero attached hydrogens (tertiary/aromatic N) is 1. The van der Waals surface area contributed by atoms with Crippen molar-refractivity contribution in [1.29, 1.82) is 0 Å². The molecule has 0 aliphatic carbocycles. The van der Waals surface area contributed by atoms with Crippen LogP contribution in [0.3, 0.4) is 0 Å². The fourth-order valence-electron chi connectivity index (χ4n) is 3.36. The van der Waals surface area contributed by atoms with Gasteiger partial charge in [0.25, 0.3) is 11.8 Å². The second-order valence-electron chi connectivity index (χ2n) is 7.08. The van der Waals surface area contributed by atoms with E-state index in [1.165, 1.54) is 25.3 Å². The smallest absolute Gasteiger partial charge is 0.348 e. The zero-order chi connectivity index (χ0) is 24.3. The first-order chi connectivity index (χ1) is 15.7. The maximum Gasteiger partial charge on any atom is 0.348 e. The molecule has 0 radical (unpaired) electrons. The number of ether oxygens (including phenoxy) is 3. The van der Waals surface area contributed by atoms with Crippen LogP contribution >= 0.6 is 11.3 Å². The van der Waals surface area contributed by atoms with Gasteiger partial charge in [0.2, 0.25) is 0 Å². The molecule has 1 aliphatic heterocycles. The molecule has 0 unspecified atom stereocenters. The van der Waals surface area contributed by atoms with Gasteiger partial charge in [-0.25, -0.2) is 14.4 Å². The summed E-state index contributed by atoms with van der Waals surface area (Å²) in [7, 11) is 2.32. The Hall–Kier alpha value is -3.73. The second kappa shape index (κ2) is 9.82. The number of fused-ring (bicyclic) bond motifs is 1. The molecule has 11 heteroatoms. The molecule has 174 valence electrons. The molecule has 0 fully saturated rings. The SMILES string of the molecule is CCCCN1C(=O)c2ccc(C(=O)OCc3c(C(=O)OC)sc(N)c3C(=O)OC)cc2C1=O.